The Morgan fingerprint density at radius 1 is 1.19 bits per heavy atom. The molecule has 7 heteroatoms. The molecule has 3 rings (SSSR count). The van der Waals surface area contributed by atoms with Gasteiger partial charge in [0.2, 0.25) is 0 Å². The minimum absolute atomic E-state index is 0.221. The van der Waals surface area contributed by atoms with Crippen LogP contribution in [0.4, 0.5) is 0 Å². The van der Waals surface area contributed by atoms with E-state index < -0.39 is 0 Å². The lowest BCUT2D eigenvalue weighted by Crippen LogP contribution is -2.23. The third kappa shape index (κ3) is 3.83. The Hall–Kier alpha value is -3.35. The number of hydrogen-bond donors (Lipinski definition) is 1. The van der Waals surface area contributed by atoms with E-state index in [9.17, 15) is 4.79 Å². The van der Waals surface area contributed by atoms with E-state index in [-0.39, 0.29) is 5.91 Å². The average Bonchev–Trinajstić information content (AvgIpc) is 3.15. The fraction of sp³-hybridized carbons (Fsp3) is 0.211. The minimum Gasteiger partial charge on any atom is -0.497 e. The SMILES string of the molecule is COc1cccc(-n2cc(CNC(=O)c3cc(C)ncc3OC)cn2)c1. The van der Waals surface area contributed by atoms with Gasteiger partial charge in [-0.2, -0.15) is 5.10 Å². The van der Waals surface area contributed by atoms with E-state index >= 15 is 0 Å². The first-order valence-electron chi connectivity index (χ1n) is 8.07. The number of carbonyl (C=O) groups excluding carboxylic acids is 1. The van der Waals surface area contributed by atoms with Gasteiger partial charge in [-0.15, -0.1) is 0 Å². The van der Waals surface area contributed by atoms with Crippen molar-refractivity contribution in [1.82, 2.24) is 20.1 Å². The second-order valence-electron chi connectivity index (χ2n) is 5.70. The zero-order valence-electron chi connectivity index (χ0n) is 14.9. The Kier molecular flexibility index (Phi) is 5.17. The van der Waals surface area contributed by atoms with Gasteiger partial charge in [-0.25, -0.2) is 4.68 Å². The van der Waals surface area contributed by atoms with E-state index in [0.717, 1.165) is 22.7 Å². The van der Waals surface area contributed by atoms with Gasteiger partial charge in [0.05, 0.1) is 37.9 Å². The monoisotopic (exact) mass is 352 g/mol. The molecule has 0 saturated carbocycles. The number of aromatic nitrogens is 3. The average molecular weight is 352 g/mol. The lowest BCUT2D eigenvalue weighted by molar-refractivity contribution is 0.0947. The number of amides is 1. The predicted molar refractivity (Wildman–Crippen MR) is 96.8 cm³/mol. The fourth-order valence-electron chi connectivity index (χ4n) is 2.51. The lowest BCUT2D eigenvalue weighted by Gasteiger charge is -2.09. The van der Waals surface area contributed by atoms with Gasteiger partial charge in [-0.3, -0.25) is 9.78 Å². The molecule has 7 nitrogen and oxygen atoms in total. The van der Waals surface area contributed by atoms with Crippen LogP contribution < -0.4 is 14.8 Å². The molecule has 0 spiro atoms. The summed E-state index contributed by atoms with van der Waals surface area (Å²) in [5.74, 6) is 0.981. The molecular weight excluding hydrogens is 332 g/mol. The highest BCUT2D eigenvalue weighted by molar-refractivity contribution is 5.96. The first kappa shape index (κ1) is 17.5. The number of pyridine rings is 1. The van der Waals surface area contributed by atoms with Crippen LogP contribution in [0.5, 0.6) is 11.5 Å². The number of hydrogen-bond acceptors (Lipinski definition) is 5. The van der Waals surface area contributed by atoms with E-state index in [2.05, 4.69) is 15.4 Å². The van der Waals surface area contributed by atoms with Gasteiger partial charge in [-0.1, -0.05) is 6.07 Å². The summed E-state index contributed by atoms with van der Waals surface area (Å²) in [5, 5.41) is 7.22. The molecule has 0 radical (unpaired) electrons. The zero-order chi connectivity index (χ0) is 18.5. The fourth-order valence-corrected chi connectivity index (χ4v) is 2.51. The summed E-state index contributed by atoms with van der Waals surface area (Å²) in [6.45, 7) is 2.18. The Morgan fingerprint density at radius 2 is 2.04 bits per heavy atom. The van der Waals surface area contributed by atoms with Crippen molar-refractivity contribution in [3.63, 3.8) is 0 Å². The molecule has 2 aromatic heterocycles. The molecular formula is C19H20N4O3. The van der Waals surface area contributed by atoms with Crippen molar-refractivity contribution in [3.8, 4) is 17.2 Å². The van der Waals surface area contributed by atoms with Crippen LogP contribution in [0.2, 0.25) is 0 Å². The highest BCUT2D eigenvalue weighted by Gasteiger charge is 2.13. The van der Waals surface area contributed by atoms with Gasteiger partial charge in [0.1, 0.15) is 11.5 Å². The van der Waals surface area contributed by atoms with Crippen molar-refractivity contribution in [2.45, 2.75) is 13.5 Å². The smallest absolute Gasteiger partial charge is 0.255 e. The summed E-state index contributed by atoms with van der Waals surface area (Å²) in [7, 11) is 3.14. The summed E-state index contributed by atoms with van der Waals surface area (Å²) in [6.07, 6.45) is 5.13. The van der Waals surface area contributed by atoms with Crippen LogP contribution in [0.15, 0.2) is 48.9 Å². The molecule has 0 aliphatic rings. The Labute approximate surface area is 151 Å². The number of carbonyl (C=O) groups is 1. The number of nitrogens with one attached hydrogen (secondary N) is 1. The van der Waals surface area contributed by atoms with Crippen LogP contribution in [-0.2, 0) is 6.54 Å². The standard InChI is InChI=1S/C19H20N4O3/c1-13-7-17(18(26-3)11-20-13)19(24)21-9-14-10-22-23(12-14)15-5-4-6-16(8-15)25-2/h4-8,10-12H,9H2,1-3H3,(H,21,24). The Morgan fingerprint density at radius 3 is 2.81 bits per heavy atom. The molecule has 0 saturated heterocycles. The van der Waals surface area contributed by atoms with Crippen molar-refractivity contribution in [3.05, 3.63) is 65.7 Å². The van der Waals surface area contributed by atoms with Gasteiger partial charge < -0.3 is 14.8 Å². The van der Waals surface area contributed by atoms with E-state index in [1.54, 1.807) is 30.3 Å². The number of rotatable bonds is 6. The molecule has 134 valence electrons. The lowest BCUT2D eigenvalue weighted by atomic mass is 10.2. The molecule has 0 unspecified atom stereocenters. The van der Waals surface area contributed by atoms with Crippen molar-refractivity contribution >= 4 is 5.91 Å². The van der Waals surface area contributed by atoms with E-state index in [1.807, 2.05) is 37.4 Å². The predicted octanol–water partition coefficient (Wildman–Crippen LogP) is 2.52. The van der Waals surface area contributed by atoms with Gasteiger partial charge >= 0.3 is 0 Å². The van der Waals surface area contributed by atoms with Crippen LogP contribution in [-0.4, -0.2) is 34.9 Å². The molecule has 26 heavy (non-hydrogen) atoms. The van der Waals surface area contributed by atoms with Gasteiger partial charge in [0.15, 0.2) is 0 Å². The molecule has 0 aliphatic carbocycles. The second-order valence-corrected chi connectivity index (χ2v) is 5.70. The zero-order valence-corrected chi connectivity index (χ0v) is 14.9. The molecule has 3 aromatic rings. The van der Waals surface area contributed by atoms with Crippen LogP contribution in [0.1, 0.15) is 21.6 Å². The summed E-state index contributed by atoms with van der Waals surface area (Å²) in [4.78, 5) is 16.6. The maximum absolute atomic E-state index is 12.4. The van der Waals surface area contributed by atoms with Gasteiger partial charge in [-0.05, 0) is 25.1 Å². The number of nitrogens with zero attached hydrogens (tertiary/aromatic N) is 3. The summed E-state index contributed by atoms with van der Waals surface area (Å²) in [6, 6.07) is 9.30. The maximum Gasteiger partial charge on any atom is 0.255 e. The van der Waals surface area contributed by atoms with Crippen LogP contribution >= 0.6 is 0 Å². The molecule has 0 bridgehead atoms. The maximum atomic E-state index is 12.4. The van der Waals surface area contributed by atoms with E-state index in [0.29, 0.717) is 17.9 Å². The molecule has 2 heterocycles. The van der Waals surface area contributed by atoms with Crippen LogP contribution in [0, 0.1) is 6.92 Å². The first-order chi connectivity index (χ1) is 12.6. The second kappa shape index (κ2) is 7.69. The summed E-state index contributed by atoms with van der Waals surface area (Å²) >= 11 is 0. The van der Waals surface area contributed by atoms with Crippen LogP contribution in [0.3, 0.4) is 0 Å². The van der Waals surface area contributed by atoms with Crippen molar-refractivity contribution in [2.24, 2.45) is 0 Å². The quantitative estimate of drug-likeness (QED) is 0.737. The molecule has 1 amide bonds. The first-order valence-corrected chi connectivity index (χ1v) is 8.07. The molecule has 1 N–H and O–H groups in total. The summed E-state index contributed by atoms with van der Waals surface area (Å²) < 4.78 is 12.2. The van der Waals surface area contributed by atoms with Crippen molar-refractivity contribution in [1.29, 1.82) is 0 Å². The van der Waals surface area contributed by atoms with Crippen molar-refractivity contribution < 1.29 is 14.3 Å². The largest absolute Gasteiger partial charge is 0.497 e. The molecule has 0 aliphatic heterocycles. The Balaban J connectivity index is 1.70. The number of methoxy groups -OCH3 is 2. The third-order valence-corrected chi connectivity index (χ3v) is 3.88. The van der Waals surface area contributed by atoms with Crippen molar-refractivity contribution in [2.75, 3.05) is 14.2 Å². The normalized spacial score (nSPS) is 10.4. The van der Waals surface area contributed by atoms with E-state index in [1.165, 1.54) is 7.11 Å². The van der Waals surface area contributed by atoms with Gasteiger partial charge in [0, 0.05) is 30.1 Å². The Bertz CT molecular complexity index is 921. The number of benzene rings is 1. The highest BCUT2D eigenvalue weighted by atomic mass is 16.5. The topological polar surface area (TPSA) is 78.3 Å². The summed E-state index contributed by atoms with van der Waals surface area (Å²) in [5.41, 5.74) is 2.97. The van der Waals surface area contributed by atoms with E-state index in [4.69, 9.17) is 9.47 Å². The molecule has 0 atom stereocenters. The van der Waals surface area contributed by atoms with Crippen LogP contribution in [0.25, 0.3) is 5.69 Å². The molecule has 0 fully saturated rings. The van der Waals surface area contributed by atoms with Gasteiger partial charge in [0.25, 0.3) is 5.91 Å². The third-order valence-electron chi connectivity index (χ3n) is 3.88. The highest BCUT2D eigenvalue weighted by Crippen LogP contribution is 2.18. The minimum atomic E-state index is -0.221. The number of aryl methyl sites for hydroxylation is 1. The molecule has 1 aromatic carbocycles. The number of ether oxygens (including phenoxy) is 2.